The molecule has 0 N–H and O–H groups in total. The largest absolute Gasteiger partial charge is 0.496 e. The quantitative estimate of drug-likeness (QED) is 0.271. The van der Waals surface area contributed by atoms with Crippen molar-refractivity contribution >= 4 is 22.8 Å². The molecule has 3 aromatic heterocycles. The second-order valence-corrected chi connectivity index (χ2v) is 12.9. The van der Waals surface area contributed by atoms with E-state index < -0.39 is 28.9 Å². The van der Waals surface area contributed by atoms with Crippen LogP contribution in [0.2, 0.25) is 0 Å². The number of hydrogen-bond acceptors (Lipinski definition) is 8. The zero-order valence-corrected chi connectivity index (χ0v) is 27.0. The van der Waals surface area contributed by atoms with Crippen LogP contribution >= 0.6 is 0 Å². The Morgan fingerprint density at radius 1 is 1.11 bits per heavy atom. The molecule has 0 radical (unpaired) electrons. The number of benzene rings is 1. The summed E-state index contributed by atoms with van der Waals surface area (Å²) in [6.07, 6.45) is 1.23. The molecule has 0 bridgehead atoms. The molecular formula is C34H37F2N5O5. The summed E-state index contributed by atoms with van der Waals surface area (Å²) in [7, 11) is 1.37. The molecule has 4 aromatic rings. The van der Waals surface area contributed by atoms with Gasteiger partial charge in [-0.25, -0.2) is 18.6 Å². The van der Waals surface area contributed by atoms with Crippen LogP contribution in [0, 0.1) is 18.6 Å². The van der Waals surface area contributed by atoms with Gasteiger partial charge in [-0.1, -0.05) is 19.9 Å². The number of pyridine rings is 3. The van der Waals surface area contributed by atoms with E-state index in [1.165, 1.54) is 35.9 Å². The summed E-state index contributed by atoms with van der Waals surface area (Å²) >= 11 is 0. The average Bonchev–Trinajstić information content (AvgIpc) is 3.00. The van der Waals surface area contributed by atoms with E-state index in [1.807, 2.05) is 25.7 Å². The van der Waals surface area contributed by atoms with Crippen LogP contribution in [0.5, 0.6) is 11.5 Å². The highest BCUT2D eigenvalue weighted by atomic mass is 19.1. The van der Waals surface area contributed by atoms with Gasteiger partial charge in [0.1, 0.15) is 29.5 Å². The number of aromatic nitrogens is 3. The van der Waals surface area contributed by atoms with Gasteiger partial charge in [-0.05, 0) is 63.4 Å². The Morgan fingerprint density at radius 2 is 1.87 bits per heavy atom. The number of aryl methyl sites for hydroxylation is 1. The summed E-state index contributed by atoms with van der Waals surface area (Å²) in [4.78, 5) is 40.3. The molecule has 2 aliphatic heterocycles. The van der Waals surface area contributed by atoms with Gasteiger partial charge in [0.05, 0.1) is 35.8 Å². The van der Waals surface area contributed by atoms with Crippen molar-refractivity contribution < 1.29 is 27.8 Å². The van der Waals surface area contributed by atoms with Gasteiger partial charge >= 0.3 is 11.7 Å². The molecule has 46 heavy (non-hydrogen) atoms. The number of rotatable bonds is 4. The summed E-state index contributed by atoms with van der Waals surface area (Å²) in [5.41, 5.74) is 0.758. The van der Waals surface area contributed by atoms with E-state index in [1.54, 1.807) is 37.9 Å². The van der Waals surface area contributed by atoms with Gasteiger partial charge in [0.15, 0.2) is 11.5 Å². The lowest BCUT2D eigenvalue weighted by Gasteiger charge is -2.45. The van der Waals surface area contributed by atoms with Crippen LogP contribution in [0.15, 0.2) is 41.3 Å². The fourth-order valence-corrected chi connectivity index (χ4v) is 6.20. The van der Waals surface area contributed by atoms with Crippen LogP contribution in [-0.2, 0) is 4.74 Å². The predicted octanol–water partition coefficient (Wildman–Crippen LogP) is 5.98. The Balaban J connectivity index is 1.61. The third-order valence-electron chi connectivity index (χ3n) is 8.23. The number of carbonyl (C=O) groups excluding carboxylic acids is 1. The molecule has 12 heteroatoms. The molecule has 1 fully saturated rings. The maximum atomic E-state index is 16.2. The van der Waals surface area contributed by atoms with E-state index in [0.717, 1.165) is 5.56 Å². The lowest BCUT2D eigenvalue weighted by molar-refractivity contribution is 0.0194. The molecular weight excluding hydrogens is 596 g/mol. The first-order valence-corrected chi connectivity index (χ1v) is 15.3. The molecule has 0 spiro atoms. The highest BCUT2D eigenvalue weighted by molar-refractivity contribution is 5.96. The van der Waals surface area contributed by atoms with E-state index >= 15 is 8.78 Å². The van der Waals surface area contributed by atoms with Crippen molar-refractivity contribution in [2.45, 2.75) is 59.1 Å². The monoisotopic (exact) mass is 633 g/mol. The number of piperazine rings is 1. The lowest BCUT2D eigenvalue weighted by atomic mass is 10.0. The van der Waals surface area contributed by atoms with Gasteiger partial charge in [0, 0.05) is 31.2 Å². The Kier molecular flexibility index (Phi) is 7.86. The molecule has 1 amide bonds. The smallest absolute Gasteiger partial charge is 0.410 e. The van der Waals surface area contributed by atoms with Crippen LogP contribution in [0.3, 0.4) is 0 Å². The van der Waals surface area contributed by atoms with Gasteiger partial charge in [-0.2, -0.15) is 0 Å². The van der Waals surface area contributed by atoms with E-state index in [-0.39, 0.29) is 53.5 Å². The molecule has 10 nitrogen and oxygen atoms in total. The fourth-order valence-electron chi connectivity index (χ4n) is 6.20. The van der Waals surface area contributed by atoms with Gasteiger partial charge in [0.2, 0.25) is 5.75 Å². The van der Waals surface area contributed by atoms with Crippen LogP contribution < -0.4 is 19.9 Å². The normalized spacial score (nSPS) is 16.3. The number of methoxy groups -OCH3 is 1. The zero-order valence-electron chi connectivity index (χ0n) is 27.0. The number of hydrogen-bond donors (Lipinski definition) is 0. The summed E-state index contributed by atoms with van der Waals surface area (Å²) in [5.74, 6) is -1.46. The summed E-state index contributed by atoms with van der Waals surface area (Å²) in [6, 6.07) is 6.90. The van der Waals surface area contributed by atoms with E-state index in [2.05, 4.69) is 4.98 Å². The van der Waals surface area contributed by atoms with Crippen molar-refractivity contribution in [3.05, 3.63) is 69.8 Å². The molecule has 1 aromatic carbocycles. The summed E-state index contributed by atoms with van der Waals surface area (Å²) in [5, 5.41) is 0.305. The van der Waals surface area contributed by atoms with E-state index in [4.69, 9.17) is 19.2 Å². The van der Waals surface area contributed by atoms with Crippen molar-refractivity contribution in [3.63, 3.8) is 0 Å². The third-order valence-corrected chi connectivity index (χ3v) is 8.23. The molecule has 1 saturated heterocycles. The standard InChI is InChI=1S/C34H37F2N5O5/c1-18(2)26-28(19(3)11-12-37-26)41-31-21(15-23(36)27(38-31)25-22(35)9-8-10-24(25)44-7)29-30(32(41)42)45-17-20-16-39(13-14-40(20)29)33(43)46-34(4,5)6/h8-12,15,18,20H,13-14,16-17H2,1-7H3/t20-/m0/s1. The van der Waals surface area contributed by atoms with Gasteiger partial charge in [-0.15, -0.1) is 0 Å². The lowest BCUT2D eigenvalue weighted by Crippen LogP contribution is -2.59. The minimum Gasteiger partial charge on any atom is -0.496 e. The molecule has 5 heterocycles. The molecule has 242 valence electrons. The average molecular weight is 634 g/mol. The number of fused-ring (bicyclic) bond motifs is 5. The predicted molar refractivity (Wildman–Crippen MR) is 170 cm³/mol. The number of nitrogens with zero attached hydrogens (tertiary/aromatic N) is 5. The van der Waals surface area contributed by atoms with Crippen molar-refractivity contribution in [1.82, 2.24) is 19.4 Å². The Labute approximate surface area is 265 Å². The van der Waals surface area contributed by atoms with Crippen LogP contribution in [0.25, 0.3) is 28.0 Å². The van der Waals surface area contributed by atoms with Crippen LogP contribution in [-0.4, -0.2) is 70.5 Å². The van der Waals surface area contributed by atoms with Crippen molar-refractivity contribution in [2.24, 2.45) is 0 Å². The van der Waals surface area contributed by atoms with Gasteiger partial charge in [0.25, 0.3) is 0 Å². The Morgan fingerprint density at radius 3 is 2.57 bits per heavy atom. The Hall–Kier alpha value is -4.74. The fraction of sp³-hybridized carbons (Fsp3) is 0.412. The van der Waals surface area contributed by atoms with Crippen molar-refractivity contribution in [1.29, 1.82) is 0 Å². The second-order valence-electron chi connectivity index (χ2n) is 12.9. The molecule has 2 aliphatic rings. The number of ether oxygens (including phenoxy) is 3. The Bertz CT molecular complexity index is 1920. The highest BCUT2D eigenvalue weighted by Crippen LogP contribution is 2.42. The maximum absolute atomic E-state index is 16.2. The van der Waals surface area contributed by atoms with Crippen molar-refractivity contribution in [2.75, 3.05) is 38.3 Å². The topological polar surface area (TPSA) is 99.0 Å². The number of amides is 1. The first-order valence-electron chi connectivity index (χ1n) is 15.3. The van der Waals surface area contributed by atoms with E-state index in [0.29, 0.717) is 35.5 Å². The van der Waals surface area contributed by atoms with Crippen LogP contribution in [0.1, 0.15) is 51.8 Å². The zero-order chi connectivity index (χ0) is 33.1. The molecule has 0 unspecified atom stereocenters. The van der Waals surface area contributed by atoms with E-state index in [9.17, 15) is 9.59 Å². The minimum atomic E-state index is -0.801. The third kappa shape index (κ3) is 5.29. The SMILES string of the molecule is COc1cccc(F)c1-c1nc2c(cc1F)c1c(c(=O)n2-c2c(C)ccnc2C(C)C)OC[C@@H]2CN(C(=O)OC(C)(C)C)CCN12. The first-order chi connectivity index (χ1) is 21.8. The molecule has 6 rings (SSSR count). The summed E-state index contributed by atoms with van der Waals surface area (Å²) in [6.45, 7) is 12.3. The molecule has 1 atom stereocenters. The number of carbonyl (C=O) groups is 1. The first kappa shape index (κ1) is 31.3. The highest BCUT2D eigenvalue weighted by Gasteiger charge is 2.40. The number of halogens is 2. The van der Waals surface area contributed by atoms with Crippen molar-refractivity contribution in [3.8, 4) is 28.4 Å². The van der Waals surface area contributed by atoms with Crippen LogP contribution in [0.4, 0.5) is 19.3 Å². The maximum Gasteiger partial charge on any atom is 0.410 e. The summed E-state index contributed by atoms with van der Waals surface area (Å²) < 4.78 is 50.1. The minimum absolute atomic E-state index is 0.0462. The second kappa shape index (κ2) is 11.6. The number of anilines is 1. The van der Waals surface area contributed by atoms with Gasteiger partial charge in [-0.3, -0.25) is 14.3 Å². The van der Waals surface area contributed by atoms with Gasteiger partial charge < -0.3 is 24.0 Å². The molecule has 0 aliphatic carbocycles. The molecule has 0 saturated carbocycles.